The van der Waals surface area contributed by atoms with Crippen molar-refractivity contribution >= 4 is 34.3 Å². The lowest BCUT2D eigenvalue weighted by atomic mass is 9.61. The highest BCUT2D eigenvalue weighted by molar-refractivity contribution is 6.07. The monoisotopic (exact) mass is 799 g/mol. The third kappa shape index (κ3) is 6.26. The largest absolute Gasteiger partial charge is 0.507 e. The first-order chi connectivity index (χ1) is 28.3. The van der Waals surface area contributed by atoms with E-state index in [0.717, 1.165) is 47.4 Å². The van der Waals surface area contributed by atoms with Crippen LogP contribution in [0.5, 0.6) is 11.5 Å². The van der Waals surface area contributed by atoms with Gasteiger partial charge in [-0.3, -0.25) is 9.79 Å². The summed E-state index contributed by atoms with van der Waals surface area (Å²) in [7, 11) is 1.94. The summed E-state index contributed by atoms with van der Waals surface area (Å²) in [6, 6.07) is 10.8. The van der Waals surface area contributed by atoms with Crippen molar-refractivity contribution in [3.05, 3.63) is 93.3 Å². The molecule has 7 unspecified atom stereocenters. The number of pyridine rings is 2. The number of benzene rings is 1. The molecule has 3 saturated heterocycles. The zero-order valence-electron chi connectivity index (χ0n) is 33.7. The number of phenols is 1. The molecule has 3 aromatic heterocycles. The lowest BCUT2D eigenvalue weighted by Gasteiger charge is -2.48. The summed E-state index contributed by atoms with van der Waals surface area (Å²) in [6.45, 7) is 7.52. The molecule has 1 aliphatic carbocycles. The van der Waals surface area contributed by atoms with Gasteiger partial charge in [0.25, 0.3) is 0 Å². The number of ether oxygens (including phenoxy) is 3. The molecular formula is C45H49N7O7. The van der Waals surface area contributed by atoms with Crippen LogP contribution in [0.2, 0.25) is 0 Å². The van der Waals surface area contributed by atoms with E-state index in [1.54, 1.807) is 13.0 Å². The number of hydrogen-bond acceptors (Lipinski definition) is 14. The van der Waals surface area contributed by atoms with Crippen LogP contribution in [-0.4, -0.2) is 75.2 Å². The SMILES string of the molecule is CNCC1CC2CCC1C1c3c(cc4oc(C)cc(=O)c4c3O)OC(C)(C)C1OC(=O)C21OC1CCc1cc(N)nc(-c2cc(N)nc(CN3C=C4C=CN=C4C3)c2)c1. The Balaban J connectivity index is 0.929. The highest BCUT2D eigenvalue weighted by atomic mass is 16.7. The molecule has 1 saturated carbocycles. The second-order valence-corrected chi connectivity index (χ2v) is 17.7. The summed E-state index contributed by atoms with van der Waals surface area (Å²) >= 11 is 0. The van der Waals surface area contributed by atoms with Gasteiger partial charge in [0.05, 0.1) is 36.3 Å². The minimum absolute atomic E-state index is 0.0196. The summed E-state index contributed by atoms with van der Waals surface area (Å²) < 4.78 is 25.7. The number of nitrogens with zero attached hydrogens (tertiary/aromatic N) is 4. The molecule has 1 aromatic carbocycles. The van der Waals surface area contributed by atoms with E-state index >= 15 is 0 Å². The Morgan fingerprint density at radius 1 is 1.05 bits per heavy atom. The molecule has 0 amide bonds. The fraction of sp³-hybridized carbons (Fsp3) is 0.444. The van der Waals surface area contributed by atoms with Gasteiger partial charge in [-0.15, -0.1) is 0 Å². The highest BCUT2D eigenvalue weighted by Crippen LogP contribution is 2.61. The predicted molar refractivity (Wildman–Crippen MR) is 222 cm³/mol. The maximum Gasteiger partial charge on any atom is 0.341 e. The number of hydrogen-bond donors (Lipinski definition) is 4. The van der Waals surface area contributed by atoms with Crippen molar-refractivity contribution in [1.82, 2.24) is 20.2 Å². The Bertz CT molecular complexity index is 2580. The molecule has 0 radical (unpaired) electrons. The first-order valence-corrected chi connectivity index (χ1v) is 20.6. The van der Waals surface area contributed by atoms with Crippen LogP contribution in [0.15, 0.2) is 74.7 Å². The Morgan fingerprint density at radius 3 is 2.69 bits per heavy atom. The van der Waals surface area contributed by atoms with Crippen molar-refractivity contribution in [2.24, 2.45) is 22.7 Å². The van der Waals surface area contributed by atoms with Gasteiger partial charge in [-0.1, -0.05) is 0 Å². The van der Waals surface area contributed by atoms with E-state index in [1.165, 1.54) is 6.07 Å². The van der Waals surface area contributed by atoms with Crippen LogP contribution in [-0.2, 0) is 27.2 Å². The molecule has 14 heteroatoms. The molecule has 1 spiro atoms. The molecule has 59 heavy (non-hydrogen) atoms. The van der Waals surface area contributed by atoms with Gasteiger partial charge in [0.15, 0.2) is 11.0 Å². The first kappa shape index (κ1) is 37.5. The molecule has 9 heterocycles. The van der Waals surface area contributed by atoms with Gasteiger partial charge in [-0.2, -0.15) is 0 Å². The standard InChI is InChI=1S/C45H49N7O7/c1-22-11-32(53)39-33(56-22)17-34-40(41(39)54)38-29-7-6-27(14-26(29)18-48-4)45(43(55)57-42(38)44(2,3)58-34)35(59-45)8-5-23-12-30(51-36(46)13-23)25-15-28(50-37(47)16-25)20-52-19-24-9-10-49-31(24)21-52/h9-13,15-17,19,26-27,29,35,38,42,48,54H,5-8,14,18,20-21H2,1-4H3,(H2,46,51)(H2,47,50). The highest BCUT2D eigenvalue weighted by Gasteiger charge is 2.70. The van der Waals surface area contributed by atoms with Crippen molar-refractivity contribution in [2.75, 3.05) is 31.6 Å². The van der Waals surface area contributed by atoms with Gasteiger partial charge < -0.3 is 45.4 Å². The molecule has 7 aliphatic rings. The number of nitrogens with one attached hydrogen (secondary N) is 1. The van der Waals surface area contributed by atoms with Crippen LogP contribution in [0.1, 0.15) is 68.0 Å². The Kier molecular flexibility index (Phi) is 8.69. The molecule has 6 N–H and O–H groups in total. The minimum atomic E-state index is -1.12. The fourth-order valence-corrected chi connectivity index (χ4v) is 10.8. The Hall–Kier alpha value is -5.73. The van der Waals surface area contributed by atoms with Crippen LogP contribution in [0.3, 0.4) is 0 Å². The van der Waals surface area contributed by atoms with Gasteiger partial charge in [0, 0.05) is 53.1 Å². The van der Waals surface area contributed by atoms with Crippen molar-refractivity contribution in [2.45, 2.75) is 88.7 Å². The number of aromatic hydroxyl groups is 1. The summed E-state index contributed by atoms with van der Waals surface area (Å²) in [5.74, 6) is 0.719. The number of esters is 1. The third-order valence-electron chi connectivity index (χ3n) is 13.4. The first-order valence-electron chi connectivity index (χ1n) is 20.6. The fourth-order valence-electron chi connectivity index (χ4n) is 10.8. The number of nitrogen functional groups attached to an aromatic ring is 2. The molecular weight excluding hydrogens is 751 g/mol. The summed E-state index contributed by atoms with van der Waals surface area (Å²) in [5.41, 5.74) is 16.5. The maximum absolute atomic E-state index is 14.7. The number of carbonyl (C=O) groups excluding carboxylic acids is 1. The number of fused-ring (bicyclic) bond motifs is 6. The van der Waals surface area contributed by atoms with E-state index in [0.29, 0.717) is 66.9 Å². The second-order valence-electron chi connectivity index (χ2n) is 17.7. The quantitative estimate of drug-likeness (QED) is 0.132. The van der Waals surface area contributed by atoms with E-state index in [2.05, 4.69) is 31.4 Å². The van der Waals surface area contributed by atoms with Gasteiger partial charge in [0.1, 0.15) is 51.6 Å². The number of aliphatic imine (C=N–C) groups is 1. The number of nitrogens with two attached hydrogens (primary N) is 2. The lowest BCUT2D eigenvalue weighted by Crippen LogP contribution is -2.54. The summed E-state index contributed by atoms with van der Waals surface area (Å²) in [4.78, 5) is 43.9. The number of epoxide rings is 1. The summed E-state index contributed by atoms with van der Waals surface area (Å²) in [5, 5.41) is 15.4. The normalized spacial score (nSPS) is 28.5. The average molecular weight is 800 g/mol. The van der Waals surface area contributed by atoms with E-state index in [4.69, 9.17) is 30.1 Å². The Labute approximate surface area is 341 Å². The van der Waals surface area contributed by atoms with Crippen LogP contribution in [0.4, 0.5) is 11.6 Å². The van der Waals surface area contributed by atoms with Crippen molar-refractivity contribution < 1.29 is 28.5 Å². The molecule has 4 fully saturated rings. The van der Waals surface area contributed by atoms with E-state index in [1.807, 2.05) is 57.4 Å². The molecule has 11 rings (SSSR count). The number of allylic oxidation sites excluding steroid dienone is 1. The number of aryl methyl sites for hydroxylation is 2. The van der Waals surface area contributed by atoms with E-state index < -0.39 is 29.2 Å². The van der Waals surface area contributed by atoms with Gasteiger partial charge in [-0.25, -0.2) is 14.8 Å². The van der Waals surface area contributed by atoms with E-state index in [9.17, 15) is 14.7 Å². The topological polar surface area (TPSA) is 204 Å². The van der Waals surface area contributed by atoms with Gasteiger partial charge in [-0.05, 0) is 114 Å². The second kappa shape index (κ2) is 13.7. The van der Waals surface area contributed by atoms with Crippen LogP contribution in [0.25, 0.3) is 22.2 Å². The number of rotatable bonds is 8. The number of aromatic nitrogens is 2. The van der Waals surface area contributed by atoms with Crippen LogP contribution < -0.4 is 26.9 Å². The minimum Gasteiger partial charge on any atom is -0.507 e. The molecule has 7 atom stereocenters. The van der Waals surface area contributed by atoms with E-state index in [-0.39, 0.29) is 46.0 Å². The van der Waals surface area contributed by atoms with Crippen LogP contribution in [0, 0.1) is 24.7 Å². The zero-order valence-corrected chi connectivity index (χ0v) is 33.7. The molecule has 4 aromatic rings. The third-order valence-corrected chi connectivity index (χ3v) is 13.4. The predicted octanol–water partition coefficient (Wildman–Crippen LogP) is 5.30. The van der Waals surface area contributed by atoms with Crippen molar-refractivity contribution in [3.63, 3.8) is 0 Å². The van der Waals surface area contributed by atoms with Crippen molar-refractivity contribution in [3.8, 4) is 22.8 Å². The van der Waals surface area contributed by atoms with Crippen molar-refractivity contribution in [1.29, 1.82) is 0 Å². The summed E-state index contributed by atoms with van der Waals surface area (Å²) in [6.07, 6.45) is 8.22. The molecule has 2 bridgehead atoms. The average Bonchev–Trinajstić information content (AvgIpc) is 3.52. The molecule has 306 valence electrons. The molecule has 6 aliphatic heterocycles. The number of phenolic OH excluding ortho intramolecular Hbond substituents is 1. The van der Waals surface area contributed by atoms with Gasteiger partial charge >= 0.3 is 5.97 Å². The smallest absolute Gasteiger partial charge is 0.341 e. The molecule has 14 nitrogen and oxygen atoms in total. The van der Waals surface area contributed by atoms with Gasteiger partial charge in [0.2, 0.25) is 0 Å². The van der Waals surface area contributed by atoms with Crippen LogP contribution >= 0.6 is 0 Å². The zero-order chi connectivity index (χ0) is 41.0. The lowest BCUT2D eigenvalue weighted by molar-refractivity contribution is -0.172. The number of anilines is 2. The Morgan fingerprint density at radius 2 is 1.88 bits per heavy atom. The maximum atomic E-state index is 14.7. The number of carbonyl (C=O) groups is 1.